The number of hydrogen-bond donors (Lipinski definition) is 2. The van der Waals surface area contributed by atoms with Crippen LogP contribution in [0.25, 0.3) is 0 Å². The van der Waals surface area contributed by atoms with Gasteiger partial charge in [0.05, 0.1) is 0 Å². The number of urea groups is 1. The van der Waals surface area contributed by atoms with Crippen LogP contribution >= 0.6 is 0 Å². The fourth-order valence-corrected chi connectivity index (χ4v) is 1.38. The van der Waals surface area contributed by atoms with Crippen molar-refractivity contribution in [3.8, 4) is 0 Å². The van der Waals surface area contributed by atoms with Gasteiger partial charge in [-0.15, -0.1) is 0 Å². The van der Waals surface area contributed by atoms with E-state index >= 15 is 0 Å². The van der Waals surface area contributed by atoms with Crippen LogP contribution in [-0.4, -0.2) is 44.7 Å². The van der Waals surface area contributed by atoms with Crippen LogP contribution in [0, 0.1) is 0 Å². The largest absolute Gasteiger partial charge is 0.338 e. The lowest BCUT2D eigenvalue weighted by atomic mass is 10.1. The minimum Gasteiger partial charge on any atom is -0.338 e. The molecule has 0 radical (unpaired) electrons. The Hall–Kier alpha value is -1.03. The predicted octanol–water partition coefficient (Wildman–Crippen LogP) is 0.567. The van der Waals surface area contributed by atoms with Crippen LogP contribution in [0.4, 0.5) is 4.79 Å². The molecule has 14 heavy (non-hydrogen) atoms. The summed E-state index contributed by atoms with van der Waals surface area (Å²) >= 11 is 0. The van der Waals surface area contributed by atoms with Gasteiger partial charge < -0.3 is 15.5 Å². The molecule has 0 aliphatic carbocycles. The van der Waals surface area contributed by atoms with Gasteiger partial charge >= 0.3 is 6.03 Å². The molecule has 0 aromatic carbocycles. The standard InChI is InChI=1S/C10H19N3O/c1-13(2)10(14)12-8-5-9-3-6-11-7-4-9/h3,11H,4-8H2,1-2H3,(H,12,14). The SMILES string of the molecule is CN(C)C(=O)NCCC1=CCNCC1. The van der Waals surface area contributed by atoms with Gasteiger partial charge in [-0.25, -0.2) is 4.79 Å². The van der Waals surface area contributed by atoms with Gasteiger partial charge in [-0.2, -0.15) is 0 Å². The Morgan fingerprint density at radius 2 is 2.43 bits per heavy atom. The van der Waals surface area contributed by atoms with Gasteiger partial charge in [-0.3, -0.25) is 0 Å². The zero-order chi connectivity index (χ0) is 10.4. The van der Waals surface area contributed by atoms with Crippen molar-refractivity contribution in [2.45, 2.75) is 12.8 Å². The predicted molar refractivity (Wildman–Crippen MR) is 57.3 cm³/mol. The second kappa shape index (κ2) is 5.65. The van der Waals surface area contributed by atoms with Gasteiger partial charge in [0.15, 0.2) is 0 Å². The molecule has 2 amide bonds. The van der Waals surface area contributed by atoms with Crippen LogP contribution in [0.3, 0.4) is 0 Å². The number of carbonyl (C=O) groups excluding carboxylic acids is 1. The summed E-state index contributed by atoms with van der Waals surface area (Å²) in [5, 5.41) is 6.12. The molecule has 0 unspecified atom stereocenters. The Bertz CT molecular complexity index is 223. The minimum atomic E-state index is -0.0143. The highest BCUT2D eigenvalue weighted by Crippen LogP contribution is 2.07. The maximum absolute atomic E-state index is 11.2. The molecule has 0 saturated heterocycles. The quantitative estimate of drug-likeness (QED) is 0.650. The van der Waals surface area contributed by atoms with Crippen molar-refractivity contribution < 1.29 is 4.79 Å². The van der Waals surface area contributed by atoms with Gasteiger partial charge in [0, 0.05) is 27.2 Å². The van der Waals surface area contributed by atoms with E-state index in [9.17, 15) is 4.79 Å². The summed E-state index contributed by atoms with van der Waals surface area (Å²) in [5.74, 6) is 0. The summed E-state index contributed by atoms with van der Waals surface area (Å²) in [6, 6.07) is -0.0143. The maximum Gasteiger partial charge on any atom is 0.316 e. The number of carbonyl (C=O) groups is 1. The molecule has 0 atom stereocenters. The molecule has 80 valence electrons. The Balaban J connectivity index is 2.14. The second-order valence-corrected chi connectivity index (χ2v) is 3.69. The third-order valence-electron chi connectivity index (χ3n) is 2.29. The Labute approximate surface area is 85.3 Å². The average molecular weight is 197 g/mol. The first-order chi connectivity index (χ1) is 6.70. The van der Waals surface area contributed by atoms with Crippen molar-refractivity contribution >= 4 is 6.03 Å². The van der Waals surface area contributed by atoms with E-state index in [-0.39, 0.29) is 6.03 Å². The Morgan fingerprint density at radius 3 is 3.00 bits per heavy atom. The highest BCUT2D eigenvalue weighted by molar-refractivity contribution is 5.73. The van der Waals surface area contributed by atoms with Crippen LogP contribution in [0.5, 0.6) is 0 Å². The first kappa shape index (κ1) is 11.0. The van der Waals surface area contributed by atoms with E-state index in [0.717, 1.165) is 32.5 Å². The molecule has 0 bridgehead atoms. The molecule has 0 fully saturated rings. The van der Waals surface area contributed by atoms with Crippen molar-refractivity contribution in [3.63, 3.8) is 0 Å². The first-order valence-corrected chi connectivity index (χ1v) is 5.04. The van der Waals surface area contributed by atoms with Gasteiger partial charge in [-0.05, 0) is 19.4 Å². The van der Waals surface area contributed by atoms with Crippen molar-refractivity contribution in [2.75, 3.05) is 33.7 Å². The van der Waals surface area contributed by atoms with Crippen LogP contribution in [-0.2, 0) is 0 Å². The fraction of sp³-hybridized carbons (Fsp3) is 0.700. The van der Waals surface area contributed by atoms with E-state index in [1.807, 2.05) is 0 Å². The van der Waals surface area contributed by atoms with Gasteiger partial charge in [-0.1, -0.05) is 11.6 Å². The molecule has 4 heteroatoms. The summed E-state index contributed by atoms with van der Waals surface area (Å²) in [7, 11) is 3.50. The molecule has 0 aromatic rings. The lowest BCUT2D eigenvalue weighted by Gasteiger charge is -2.15. The summed E-state index contributed by atoms with van der Waals surface area (Å²) in [6.07, 6.45) is 4.30. The van der Waals surface area contributed by atoms with Crippen molar-refractivity contribution in [3.05, 3.63) is 11.6 Å². The van der Waals surface area contributed by atoms with Crippen molar-refractivity contribution in [1.29, 1.82) is 0 Å². The van der Waals surface area contributed by atoms with Crippen LogP contribution in [0.15, 0.2) is 11.6 Å². The number of hydrogen-bond acceptors (Lipinski definition) is 2. The topological polar surface area (TPSA) is 44.4 Å². The molecular formula is C10H19N3O. The second-order valence-electron chi connectivity index (χ2n) is 3.69. The molecule has 4 nitrogen and oxygen atoms in total. The van der Waals surface area contributed by atoms with E-state index in [1.54, 1.807) is 19.0 Å². The lowest BCUT2D eigenvalue weighted by Crippen LogP contribution is -2.35. The molecular weight excluding hydrogens is 178 g/mol. The summed E-state index contributed by atoms with van der Waals surface area (Å²) in [5.41, 5.74) is 1.45. The normalized spacial score (nSPS) is 16.0. The highest BCUT2D eigenvalue weighted by atomic mass is 16.2. The zero-order valence-electron chi connectivity index (χ0n) is 8.97. The maximum atomic E-state index is 11.2. The Morgan fingerprint density at radius 1 is 1.64 bits per heavy atom. The summed E-state index contributed by atoms with van der Waals surface area (Å²) in [6.45, 7) is 2.77. The zero-order valence-corrected chi connectivity index (χ0v) is 8.97. The smallest absolute Gasteiger partial charge is 0.316 e. The van der Waals surface area contributed by atoms with E-state index in [1.165, 1.54) is 5.57 Å². The van der Waals surface area contributed by atoms with Crippen LogP contribution < -0.4 is 10.6 Å². The molecule has 1 rings (SSSR count). The molecule has 0 aromatic heterocycles. The highest BCUT2D eigenvalue weighted by Gasteiger charge is 2.04. The van der Waals surface area contributed by atoms with Gasteiger partial charge in [0.25, 0.3) is 0 Å². The molecule has 1 aliphatic heterocycles. The third-order valence-corrected chi connectivity index (χ3v) is 2.29. The fourth-order valence-electron chi connectivity index (χ4n) is 1.38. The van der Waals surface area contributed by atoms with Gasteiger partial charge in [0.1, 0.15) is 0 Å². The van der Waals surface area contributed by atoms with E-state index < -0.39 is 0 Å². The van der Waals surface area contributed by atoms with Crippen LogP contribution in [0.1, 0.15) is 12.8 Å². The van der Waals surface area contributed by atoms with Gasteiger partial charge in [0.2, 0.25) is 0 Å². The molecule has 0 saturated carbocycles. The summed E-state index contributed by atoms with van der Waals surface area (Å²) in [4.78, 5) is 12.7. The number of nitrogens with zero attached hydrogens (tertiary/aromatic N) is 1. The van der Waals surface area contributed by atoms with E-state index in [4.69, 9.17) is 0 Å². The average Bonchev–Trinajstić information content (AvgIpc) is 2.19. The third kappa shape index (κ3) is 3.79. The molecule has 2 N–H and O–H groups in total. The van der Waals surface area contributed by atoms with Crippen molar-refractivity contribution in [1.82, 2.24) is 15.5 Å². The molecule has 1 heterocycles. The van der Waals surface area contributed by atoms with E-state index in [2.05, 4.69) is 16.7 Å². The minimum absolute atomic E-state index is 0.0143. The van der Waals surface area contributed by atoms with E-state index in [0.29, 0.717) is 0 Å². The number of nitrogens with one attached hydrogen (secondary N) is 2. The first-order valence-electron chi connectivity index (χ1n) is 5.04. The van der Waals surface area contributed by atoms with Crippen molar-refractivity contribution in [2.24, 2.45) is 0 Å². The number of rotatable bonds is 3. The molecule has 1 aliphatic rings. The number of amides is 2. The monoisotopic (exact) mass is 197 g/mol. The summed E-state index contributed by atoms with van der Waals surface area (Å²) < 4.78 is 0. The lowest BCUT2D eigenvalue weighted by molar-refractivity contribution is 0.217. The molecule has 0 spiro atoms. The van der Waals surface area contributed by atoms with Crippen LogP contribution in [0.2, 0.25) is 0 Å². The Kier molecular flexibility index (Phi) is 4.46.